The average molecular weight is 243 g/mol. The molecule has 1 heterocycles. The van der Waals surface area contributed by atoms with Gasteiger partial charge in [0.1, 0.15) is 0 Å². The van der Waals surface area contributed by atoms with Gasteiger partial charge >= 0.3 is 6.09 Å². The summed E-state index contributed by atoms with van der Waals surface area (Å²) in [5, 5.41) is 2.04. The van der Waals surface area contributed by atoms with Gasteiger partial charge in [-0.25, -0.2) is 4.79 Å². The van der Waals surface area contributed by atoms with Crippen molar-refractivity contribution in [3.05, 3.63) is 53.3 Å². The lowest BCUT2D eigenvalue weighted by Gasteiger charge is -2.00. The number of allylic oxidation sites excluding steroid dienone is 3. The molecule has 0 aromatic heterocycles. The Morgan fingerprint density at radius 1 is 1.22 bits per heavy atom. The third kappa shape index (κ3) is 2.66. The van der Waals surface area contributed by atoms with Crippen molar-refractivity contribution in [2.75, 3.05) is 0 Å². The number of aryl methyl sites for hydroxylation is 1. The number of cyclic esters (lactones) is 1. The number of rotatable bonds is 2. The molecule has 1 saturated heterocycles. The zero-order valence-electron chi connectivity index (χ0n) is 10.2. The number of ether oxygens (including phenoxy) is 1. The van der Waals surface area contributed by atoms with E-state index < -0.39 is 12.0 Å². The minimum Gasteiger partial charge on any atom is -0.404 e. The Bertz CT molecular complexity index is 553. The molecule has 2 amide bonds. The maximum atomic E-state index is 11.2. The van der Waals surface area contributed by atoms with E-state index in [4.69, 9.17) is 4.74 Å². The minimum absolute atomic E-state index is 0.0199. The summed E-state index contributed by atoms with van der Waals surface area (Å²) in [6.07, 6.45) is 2.51. The highest BCUT2D eigenvalue weighted by atomic mass is 16.6. The van der Waals surface area contributed by atoms with E-state index in [1.807, 2.05) is 43.4 Å². The molecule has 0 aliphatic carbocycles. The molecule has 1 fully saturated rings. The first-order valence-electron chi connectivity index (χ1n) is 5.55. The van der Waals surface area contributed by atoms with Crippen LogP contribution in [-0.4, -0.2) is 12.0 Å². The molecular weight excluding hydrogens is 230 g/mol. The van der Waals surface area contributed by atoms with Gasteiger partial charge in [0.2, 0.25) is 0 Å². The average Bonchev–Trinajstić information content (AvgIpc) is 2.66. The number of hydrogen-bond donors (Lipinski definition) is 1. The number of carbonyl (C=O) groups excluding carboxylic acids is 2. The van der Waals surface area contributed by atoms with Crippen LogP contribution in [0.25, 0.3) is 5.57 Å². The molecule has 1 aromatic rings. The molecule has 92 valence electrons. The molecule has 1 aliphatic rings. The molecule has 0 atom stereocenters. The lowest BCUT2D eigenvalue weighted by Crippen LogP contribution is -2.18. The molecule has 0 radical (unpaired) electrons. The van der Waals surface area contributed by atoms with Crippen molar-refractivity contribution in [3.8, 4) is 0 Å². The first-order valence-corrected chi connectivity index (χ1v) is 5.55. The lowest BCUT2D eigenvalue weighted by atomic mass is 10.1. The van der Waals surface area contributed by atoms with Crippen molar-refractivity contribution in [1.82, 2.24) is 5.32 Å². The number of alkyl carbamates (subject to hydrolysis) is 1. The maximum absolute atomic E-state index is 11.2. The minimum atomic E-state index is -0.729. The highest BCUT2D eigenvalue weighted by molar-refractivity contribution is 6.07. The van der Waals surface area contributed by atoms with Crippen LogP contribution in [0.3, 0.4) is 0 Å². The lowest BCUT2D eigenvalue weighted by molar-refractivity contribution is -0.116. The third-order valence-corrected chi connectivity index (χ3v) is 2.63. The monoisotopic (exact) mass is 243 g/mol. The van der Waals surface area contributed by atoms with Crippen LogP contribution in [0.5, 0.6) is 0 Å². The fraction of sp³-hybridized carbons (Fsp3) is 0.143. The van der Waals surface area contributed by atoms with Gasteiger partial charge in [0, 0.05) is 0 Å². The van der Waals surface area contributed by atoms with Crippen LogP contribution in [0.2, 0.25) is 0 Å². The zero-order chi connectivity index (χ0) is 13.1. The first-order chi connectivity index (χ1) is 8.56. The normalized spacial score (nSPS) is 17.9. The molecule has 1 aromatic carbocycles. The molecule has 0 spiro atoms. The van der Waals surface area contributed by atoms with Crippen LogP contribution in [0.1, 0.15) is 18.1 Å². The van der Waals surface area contributed by atoms with E-state index in [0.29, 0.717) is 0 Å². The number of hydrogen-bond acceptors (Lipinski definition) is 3. The second-order valence-electron chi connectivity index (χ2n) is 4.09. The molecule has 4 nitrogen and oxygen atoms in total. The molecule has 0 bridgehead atoms. The number of imide groups is 1. The zero-order valence-corrected chi connectivity index (χ0v) is 10.2. The van der Waals surface area contributed by atoms with Crippen molar-refractivity contribution in [2.45, 2.75) is 13.8 Å². The van der Waals surface area contributed by atoms with Crippen molar-refractivity contribution in [3.63, 3.8) is 0 Å². The number of amides is 2. The number of benzene rings is 1. The topological polar surface area (TPSA) is 55.4 Å². The molecule has 2 rings (SSSR count). The van der Waals surface area contributed by atoms with Gasteiger partial charge in [0.15, 0.2) is 5.76 Å². The van der Waals surface area contributed by atoms with Crippen LogP contribution < -0.4 is 5.32 Å². The summed E-state index contributed by atoms with van der Waals surface area (Å²) in [6, 6.07) is 8.03. The van der Waals surface area contributed by atoms with Gasteiger partial charge in [-0.3, -0.25) is 10.1 Å². The molecule has 0 saturated carbocycles. The van der Waals surface area contributed by atoms with Crippen LogP contribution >= 0.6 is 0 Å². The second kappa shape index (κ2) is 4.87. The molecule has 1 aliphatic heterocycles. The summed E-state index contributed by atoms with van der Waals surface area (Å²) >= 11 is 0. The fourth-order valence-electron chi connectivity index (χ4n) is 1.55. The Morgan fingerprint density at radius 2 is 1.89 bits per heavy atom. The van der Waals surface area contributed by atoms with Crippen LogP contribution in [-0.2, 0) is 9.53 Å². The Morgan fingerprint density at radius 3 is 2.44 bits per heavy atom. The Kier molecular flexibility index (Phi) is 3.28. The van der Waals surface area contributed by atoms with Crippen molar-refractivity contribution >= 4 is 17.6 Å². The van der Waals surface area contributed by atoms with E-state index in [2.05, 4.69) is 0 Å². The quantitative estimate of drug-likeness (QED) is 0.812. The largest absolute Gasteiger partial charge is 0.419 e. The van der Waals surface area contributed by atoms with Crippen LogP contribution in [0.4, 0.5) is 4.79 Å². The van der Waals surface area contributed by atoms with Gasteiger partial charge in [0.25, 0.3) is 5.91 Å². The second-order valence-corrected chi connectivity index (χ2v) is 4.09. The summed E-state index contributed by atoms with van der Waals surface area (Å²) in [7, 11) is 0. The van der Waals surface area contributed by atoms with Gasteiger partial charge in [-0.1, -0.05) is 35.9 Å². The van der Waals surface area contributed by atoms with E-state index >= 15 is 0 Å². The van der Waals surface area contributed by atoms with Gasteiger partial charge in [-0.05, 0) is 31.1 Å². The molecule has 0 unspecified atom stereocenters. The first kappa shape index (κ1) is 12.1. The smallest absolute Gasteiger partial charge is 0.404 e. The Labute approximate surface area is 105 Å². The van der Waals surface area contributed by atoms with Gasteiger partial charge in [0.05, 0.1) is 0 Å². The molecule has 18 heavy (non-hydrogen) atoms. The van der Waals surface area contributed by atoms with E-state index in [1.165, 1.54) is 11.6 Å². The highest BCUT2D eigenvalue weighted by Gasteiger charge is 2.25. The molecular formula is C14H13NO3. The van der Waals surface area contributed by atoms with Gasteiger partial charge in [-0.2, -0.15) is 0 Å². The number of carbonyl (C=O) groups is 2. The SMILES string of the molecule is CC(=CC=C1OC(=O)NC1=O)c1ccc(C)cc1. The summed E-state index contributed by atoms with van der Waals surface area (Å²) in [5.74, 6) is -0.487. The van der Waals surface area contributed by atoms with Crippen molar-refractivity contribution < 1.29 is 14.3 Å². The predicted molar refractivity (Wildman–Crippen MR) is 67.5 cm³/mol. The van der Waals surface area contributed by atoms with E-state index in [9.17, 15) is 9.59 Å². The van der Waals surface area contributed by atoms with Crippen molar-refractivity contribution in [2.24, 2.45) is 0 Å². The Balaban J connectivity index is 2.19. The standard InChI is InChI=1S/C14H13NO3/c1-9-3-6-11(7-4-9)10(2)5-8-12-13(16)15-14(17)18-12/h3-8H,1-2H3,(H,15,16,17). The predicted octanol–water partition coefficient (Wildman–Crippen LogP) is 2.55. The van der Waals surface area contributed by atoms with Gasteiger partial charge in [-0.15, -0.1) is 0 Å². The summed E-state index contributed by atoms with van der Waals surface area (Å²) in [6.45, 7) is 3.95. The third-order valence-electron chi connectivity index (χ3n) is 2.63. The van der Waals surface area contributed by atoms with Gasteiger partial charge < -0.3 is 4.74 Å². The summed E-state index contributed by atoms with van der Waals surface area (Å²) in [5.41, 5.74) is 3.23. The van der Waals surface area contributed by atoms with Crippen LogP contribution in [0.15, 0.2) is 42.2 Å². The van der Waals surface area contributed by atoms with E-state index in [-0.39, 0.29) is 5.76 Å². The highest BCUT2D eigenvalue weighted by Crippen LogP contribution is 2.15. The summed E-state index contributed by atoms with van der Waals surface area (Å²) in [4.78, 5) is 22.0. The molecule has 4 heteroatoms. The maximum Gasteiger partial charge on any atom is 0.419 e. The van der Waals surface area contributed by atoms with Crippen LogP contribution in [0, 0.1) is 6.92 Å². The fourth-order valence-corrected chi connectivity index (χ4v) is 1.55. The van der Waals surface area contributed by atoms with E-state index in [0.717, 1.165) is 11.1 Å². The van der Waals surface area contributed by atoms with E-state index in [1.54, 1.807) is 6.08 Å². The molecule has 1 N–H and O–H groups in total. The summed E-state index contributed by atoms with van der Waals surface area (Å²) < 4.78 is 4.70. The Hall–Kier alpha value is -2.36. The van der Waals surface area contributed by atoms with Crippen molar-refractivity contribution in [1.29, 1.82) is 0 Å². The number of nitrogens with one attached hydrogen (secondary N) is 1.